The smallest absolute Gasteiger partial charge is 0.251 e. The number of rotatable bonds is 9. The van der Waals surface area contributed by atoms with Crippen molar-refractivity contribution >= 4 is 38.8 Å². The van der Waals surface area contributed by atoms with E-state index in [1.165, 1.54) is 0 Å². The van der Waals surface area contributed by atoms with Crippen molar-refractivity contribution in [1.82, 2.24) is 19.8 Å². The van der Waals surface area contributed by atoms with Gasteiger partial charge in [0.15, 0.2) is 0 Å². The lowest BCUT2D eigenvalue weighted by molar-refractivity contribution is -0.136. The zero-order chi connectivity index (χ0) is 24.1. The van der Waals surface area contributed by atoms with E-state index in [1.54, 1.807) is 12.1 Å². The van der Waals surface area contributed by atoms with Crippen LogP contribution in [0.25, 0.3) is 11.0 Å². The quantitative estimate of drug-likeness (QED) is 0.398. The number of para-hydroxylation sites is 2. The minimum Gasteiger partial charge on any atom is -0.342 e. The Hall–Kier alpha value is -2.67. The van der Waals surface area contributed by atoms with Gasteiger partial charge in [0.1, 0.15) is 12.4 Å². The third-order valence-electron chi connectivity index (χ3n) is 6.22. The maximum atomic E-state index is 13.5. The maximum absolute atomic E-state index is 13.5. The number of carbonyl (C=O) groups excluding carboxylic acids is 2. The molecule has 33 heavy (non-hydrogen) atoms. The van der Waals surface area contributed by atoms with E-state index in [0.717, 1.165) is 28.3 Å². The Balaban J connectivity index is 1.93. The molecule has 1 heterocycles. The standard InChI is InChI=1S/C26H33BrN4O2/c1-6-17(3)31(18(4)7-2)24(32)16-30-23-14-9-8-13-22(23)29-25(30)19(5)28-26(33)20-11-10-12-21(27)15-20/h8-15,17-19H,6-7,16H2,1-5H3,(H,28,33). The van der Waals surface area contributed by atoms with Crippen molar-refractivity contribution in [3.05, 3.63) is 64.4 Å². The van der Waals surface area contributed by atoms with E-state index >= 15 is 0 Å². The fraction of sp³-hybridized carbons (Fsp3) is 0.423. The number of nitrogens with zero attached hydrogens (tertiary/aromatic N) is 3. The van der Waals surface area contributed by atoms with Crippen LogP contribution >= 0.6 is 15.9 Å². The van der Waals surface area contributed by atoms with E-state index in [2.05, 4.69) is 48.9 Å². The third kappa shape index (κ3) is 5.64. The zero-order valence-corrected chi connectivity index (χ0v) is 21.6. The van der Waals surface area contributed by atoms with E-state index in [1.807, 2.05) is 52.8 Å². The van der Waals surface area contributed by atoms with Crippen molar-refractivity contribution in [2.45, 2.75) is 72.1 Å². The maximum Gasteiger partial charge on any atom is 0.251 e. The molecule has 0 saturated carbocycles. The average molecular weight is 513 g/mol. The highest BCUT2D eigenvalue weighted by Gasteiger charge is 2.26. The summed E-state index contributed by atoms with van der Waals surface area (Å²) in [6.07, 6.45) is 1.79. The molecule has 0 aliphatic rings. The number of nitrogens with one attached hydrogen (secondary N) is 1. The van der Waals surface area contributed by atoms with Crippen molar-refractivity contribution in [3.63, 3.8) is 0 Å². The van der Waals surface area contributed by atoms with Gasteiger partial charge in [-0.25, -0.2) is 4.98 Å². The van der Waals surface area contributed by atoms with Gasteiger partial charge in [0.05, 0.1) is 17.1 Å². The molecule has 0 saturated heterocycles. The number of hydrogen-bond acceptors (Lipinski definition) is 3. The third-order valence-corrected chi connectivity index (χ3v) is 6.71. The second kappa shape index (κ2) is 11.0. The summed E-state index contributed by atoms with van der Waals surface area (Å²) in [7, 11) is 0. The summed E-state index contributed by atoms with van der Waals surface area (Å²) in [6, 6.07) is 15.0. The normalized spacial score (nSPS) is 14.0. The lowest BCUT2D eigenvalue weighted by atomic mass is 10.1. The zero-order valence-electron chi connectivity index (χ0n) is 20.0. The molecule has 0 radical (unpaired) electrons. The van der Waals surface area contributed by atoms with Gasteiger partial charge in [0, 0.05) is 22.1 Å². The molecular formula is C26H33BrN4O2. The molecule has 2 amide bonds. The van der Waals surface area contributed by atoms with Crippen LogP contribution in [0.4, 0.5) is 0 Å². The summed E-state index contributed by atoms with van der Waals surface area (Å²) in [6.45, 7) is 10.5. The SMILES string of the molecule is CCC(C)N(C(=O)Cn1c(C(C)NC(=O)c2cccc(Br)c2)nc2ccccc21)C(C)CC. The first kappa shape index (κ1) is 25.0. The van der Waals surface area contributed by atoms with Crippen LogP contribution in [-0.4, -0.2) is 38.3 Å². The van der Waals surface area contributed by atoms with E-state index in [9.17, 15) is 9.59 Å². The molecule has 7 heteroatoms. The van der Waals surface area contributed by atoms with E-state index in [0.29, 0.717) is 11.4 Å². The van der Waals surface area contributed by atoms with Crippen molar-refractivity contribution in [3.8, 4) is 0 Å². The molecule has 0 fully saturated rings. The van der Waals surface area contributed by atoms with Gasteiger partial charge in [-0.15, -0.1) is 0 Å². The first-order valence-electron chi connectivity index (χ1n) is 11.6. The highest BCUT2D eigenvalue weighted by molar-refractivity contribution is 9.10. The first-order valence-corrected chi connectivity index (χ1v) is 12.4. The number of benzene rings is 2. The Morgan fingerprint density at radius 1 is 1.03 bits per heavy atom. The summed E-state index contributed by atoms with van der Waals surface area (Å²) >= 11 is 3.41. The molecule has 176 valence electrons. The van der Waals surface area contributed by atoms with Crippen LogP contribution < -0.4 is 5.32 Å². The number of amides is 2. The Bertz CT molecular complexity index is 1120. The van der Waals surface area contributed by atoms with Crippen LogP contribution in [-0.2, 0) is 11.3 Å². The minimum atomic E-state index is -0.377. The number of halogens is 1. The fourth-order valence-corrected chi connectivity index (χ4v) is 4.50. The van der Waals surface area contributed by atoms with Crippen molar-refractivity contribution < 1.29 is 9.59 Å². The predicted molar refractivity (Wildman–Crippen MR) is 136 cm³/mol. The monoisotopic (exact) mass is 512 g/mol. The number of carbonyl (C=O) groups is 2. The molecule has 0 bridgehead atoms. The molecule has 0 aliphatic carbocycles. The molecule has 1 N–H and O–H groups in total. The second-order valence-corrected chi connectivity index (χ2v) is 9.48. The van der Waals surface area contributed by atoms with Gasteiger partial charge in [-0.2, -0.15) is 0 Å². The second-order valence-electron chi connectivity index (χ2n) is 8.57. The molecule has 1 aromatic heterocycles. The highest BCUT2D eigenvalue weighted by atomic mass is 79.9. The van der Waals surface area contributed by atoms with Crippen LogP contribution in [0.5, 0.6) is 0 Å². The van der Waals surface area contributed by atoms with Crippen LogP contribution in [0.15, 0.2) is 53.0 Å². The molecule has 0 aliphatic heterocycles. The Morgan fingerprint density at radius 2 is 1.70 bits per heavy atom. The summed E-state index contributed by atoms with van der Waals surface area (Å²) in [4.78, 5) is 33.1. The van der Waals surface area contributed by atoms with Gasteiger partial charge in [-0.3, -0.25) is 9.59 Å². The predicted octanol–water partition coefficient (Wildman–Crippen LogP) is 5.72. The van der Waals surface area contributed by atoms with E-state index in [-0.39, 0.29) is 36.5 Å². The average Bonchev–Trinajstić information content (AvgIpc) is 3.17. The van der Waals surface area contributed by atoms with Gasteiger partial charge >= 0.3 is 0 Å². The molecular weight excluding hydrogens is 480 g/mol. The van der Waals surface area contributed by atoms with E-state index in [4.69, 9.17) is 4.98 Å². The number of imidazole rings is 1. The van der Waals surface area contributed by atoms with Gasteiger partial charge in [0.2, 0.25) is 5.91 Å². The largest absolute Gasteiger partial charge is 0.342 e. The van der Waals surface area contributed by atoms with Crippen molar-refractivity contribution in [2.75, 3.05) is 0 Å². The Kier molecular flexibility index (Phi) is 8.30. The number of fused-ring (bicyclic) bond motifs is 1. The first-order chi connectivity index (χ1) is 15.8. The molecule has 3 atom stereocenters. The molecule has 0 spiro atoms. The fourth-order valence-electron chi connectivity index (χ4n) is 4.10. The summed E-state index contributed by atoms with van der Waals surface area (Å²) < 4.78 is 2.79. The van der Waals surface area contributed by atoms with Gasteiger partial charge in [-0.05, 0) is 63.9 Å². The number of aromatic nitrogens is 2. The molecule has 2 aromatic carbocycles. The van der Waals surface area contributed by atoms with Crippen molar-refractivity contribution in [2.24, 2.45) is 0 Å². The lowest BCUT2D eigenvalue weighted by Gasteiger charge is -2.34. The molecule has 3 rings (SSSR count). The minimum absolute atomic E-state index is 0.0635. The summed E-state index contributed by atoms with van der Waals surface area (Å²) in [5.41, 5.74) is 2.26. The number of hydrogen-bond donors (Lipinski definition) is 1. The Morgan fingerprint density at radius 3 is 2.33 bits per heavy atom. The summed E-state index contributed by atoms with van der Waals surface area (Å²) in [5, 5.41) is 3.04. The van der Waals surface area contributed by atoms with Gasteiger partial charge < -0.3 is 14.8 Å². The van der Waals surface area contributed by atoms with Gasteiger partial charge in [0.25, 0.3) is 5.91 Å². The van der Waals surface area contributed by atoms with Gasteiger partial charge in [-0.1, -0.05) is 48.0 Å². The lowest BCUT2D eigenvalue weighted by Crippen LogP contribution is -2.46. The van der Waals surface area contributed by atoms with Crippen LogP contribution in [0, 0.1) is 0 Å². The van der Waals surface area contributed by atoms with Crippen LogP contribution in [0.3, 0.4) is 0 Å². The Labute approximate surface area is 204 Å². The molecule has 6 nitrogen and oxygen atoms in total. The van der Waals surface area contributed by atoms with Crippen LogP contribution in [0.1, 0.15) is 69.7 Å². The van der Waals surface area contributed by atoms with Crippen molar-refractivity contribution in [1.29, 1.82) is 0 Å². The highest BCUT2D eigenvalue weighted by Crippen LogP contribution is 2.23. The topological polar surface area (TPSA) is 67.2 Å². The molecule has 3 unspecified atom stereocenters. The summed E-state index contributed by atoms with van der Waals surface area (Å²) in [5.74, 6) is 0.546. The molecule has 3 aromatic rings. The van der Waals surface area contributed by atoms with E-state index < -0.39 is 0 Å². The van der Waals surface area contributed by atoms with Crippen LogP contribution in [0.2, 0.25) is 0 Å².